The zero-order valence-corrected chi connectivity index (χ0v) is 10.4. The van der Waals surface area contributed by atoms with Crippen LogP contribution in [0.4, 0.5) is 0 Å². The molecular formula is C12H24N2O2. The Balaban J connectivity index is 1.61. The van der Waals surface area contributed by atoms with Crippen LogP contribution in [0.3, 0.4) is 0 Å². The summed E-state index contributed by atoms with van der Waals surface area (Å²) in [5, 5.41) is 13.2. The Bertz CT molecular complexity index is 227. The predicted molar refractivity (Wildman–Crippen MR) is 63.5 cm³/mol. The van der Waals surface area contributed by atoms with Crippen molar-refractivity contribution in [3.05, 3.63) is 0 Å². The molecule has 2 fully saturated rings. The van der Waals surface area contributed by atoms with Crippen molar-refractivity contribution in [1.82, 2.24) is 10.2 Å². The Morgan fingerprint density at radius 3 is 2.62 bits per heavy atom. The van der Waals surface area contributed by atoms with Crippen molar-refractivity contribution in [2.75, 3.05) is 39.4 Å². The number of aliphatic hydroxyl groups excluding tert-OH is 1. The third-order valence-corrected chi connectivity index (χ3v) is 4.14. The minimum atomic E-state index is -0.131. The maximum atomic E-state index is 9.63. The van der Waals surface area contributed by atoms with Crippen LogP contribution in [0.15, 0.2) is 0 Å². The van der Waals surface area contributed by atoms with Crippen LogP contribution in [-0.2, 0) is 4.74 Å². The molecule has 2 N–H and O–H groups in total. The first-order valence-electron chi connectivity index (χ1n) is 6.32. The quantitative estimate of drug-likeness (QED) is 0.714. The molecule has 2 unspecified atom stereocenters. The number of rotatable bonds is 4. The van der Waals surface area contributed by atoms with Gasteiger partial charge in [0.1, 0.15) is 0 Å². The Labute approximate surface area is 98.0 Å². The monoisotopic (exact) mass is 228 g/mol. The lowest BCUT2D eigenvalue weighted by Crippen LogP contribution is -2.60. The topological polar surface area (TPSA) is 44.7 Å². The van der Waals surface area contributed by atoms with Crippen LogP contribution in [0.5, 0.6) is 0 Å². The molecule has 1 saturated carbocycles. The van der Waals surface area contributed by atoms with Crippen LogP contribution in [0.2, 0.25) is 0 Å². The van der Waals surface area contributed by atoms with Gasteiger partial charge in [-0.05, 0) is 6.42 Å². The maximum Gasteiger partial charge on any atom is 0.0621 e. The van der Waals surface area contributed by atoms with E-state index in [2.05, 4.69) is 24.1 Å². The smallest absolute Gasteiger partial charge is 0.0621 e. The van der Waals surface area contributed by atoms with Gasteiger partial charge in [0, 0.05) is 37.6 Å². The van der Waals surface area contributed by atoms with Gasteiger partial charge in [0.25, 0.3) is 0 Å². The highest BCUT2D eigenvalue weighted by molar-refractivity contribution is 5.01. The molecule has 0 aromatic heterocycles. The molecule has 2 rings (SSSR count). The third-order valence-electron chi connectivity index (χ3n) is 4.14. The molecule has 1 aliphatic heterocycles. The van der Waals surface area contributed by atoms with Crippen molar-refractivity contribution < 1.29 is 9.84 Å². The van der Waals surface area contributed by atoms with E-state index in [0.29, 0.717) is 6.04 Å². The average Bonchev–Trinajstić information content (AvgIpc) is 2.29. The fourth-order valence-corrected chi connectivity index (χ4v) is 2.47. The Morgan fingerprint density at radius 1 is 1.38 bits per heavy atom. The van der Waals surface area contributed by atoms with Crippen LogP contribution in [0.1, 0.15) is 20.3 Å². The van der Waals surface area contributed by atoms with E-state index in [1.807, 2.05) is 0 Å². The third kappa shape index (κ3) is 2.56. The highest BCUT2D eigenvalue weighted by Crippen LogP contribution is 2.40. The summed E-state index contributed by atoms with van der Waals surface area (Å²) in [6.07, 6.45) is 0.768. The normalized spacial score (nSPS) is 34.7. The van der Waals surface area contributed by atoms with Gasteiger partial charge in [-0.3, -0.25) is 4.90 Å². The Morgan fingerprint density at radius 2 is 2.06 bits per heavy atom. The molecule has 4 nitrogen and oxygen atoms in total. The van der Waals surface area contributed by atoms with Gasteiger partial charge in [0.05, 0.1) is 19.3 Å². The van der Waals surface area contributed by atoms with Crippen molar-refractivity contribution in [2.24, 2.45) is 5.41 Å². The molecule has 4 heteroatoms. The fourth-order valence-electron chi connectivity index (χ4n) is 2.47. The Kier molecular flexibility index (Phi) is 3.85. The summed E-state index contributed by atoms with van der Waals surface area (Å²) in [4.78, 5) is 2.43. The summed E-state index contributed by atoms with van der Waals surface area (Å²) in [5.41, 5.74) is 0.0466. The van der Waals surface area contributed by atoms with Crippen molar-refractivity contribution >= 4 is 0 Å². The zero-order chi connectivity index (χ0) is 11.6. The number of hydrogen-bond donors (Lipinski definition) is 2. The summed E-state index contributed by atoms with van der Waals surface area (Å²) in [6.45, 7) is 10.2. The van der Waals surface area contributed by atoms with E-state index in [9.17, 15) is 5.11 Å². The van der Waals surface area contributed by atoms with Gasteiger partial charge in [0.15, 0.2) is 0 Å². The van der Waals surface area contributed by atoms with Gasteiger partial charge >= 0.3 is 0 Å². The van der Waals surface area contributed by atoms with E-state index in [1.54, 1.807) is 0 Å². The first-order chi connectivity index (χ1) is 7.60. The van der Waals surface area contributed by atoms with Crippen molar-refractivity contribution in [2.45, 2.75) is 32.4 Å². The lowest BCUT2D eigenvalue weighted by atomic mass is 9.64. The molecule has 0 aromatic rings. The van der Waals surface area contributed by atoms with Gasteiger partial charge in [-0.1, -0.05) is 13.8 Å². The van der Waals surface area contributed by atoms with E-state index in [4.69, 9.17) is 4.74 Å². The molecule has 1 aliphatic carbocycles. The molecule has 16 heavy (non-hydrogen) atoms. The van der Waals surface area contributed by atoms with Crippen molar-refractivity contribution in [3.8, 4) is 0 Å². The molecule has 0 aromatic carbocycles. The number of nitrogens with one attached hydrogen (secondary N) is 1. The van der Waals surface area contributed by atoms with E-state index in [0.717, 1.165) is 45.8 Å². The largest absolute Gasteiger partial charge is 0.392 e. The molecule has 0 radical (unpaired) electrons. The summed E-state index contributed by atoms with van der Waals surface area (Å²) in [5.74, 6) is 0. The summed E-state index contributed by atoms with van der Waals surface area (Å²) < 4.78 is 5.31. The van der Waals surface area contributed by atoms with Crippen LogP contribution in [0.25, 0.3) is 0 Å². The van der Waals surface area contributed by atoms with Crippen LogP contribution in [-0.4, -0.2) is 61.5 Å². The van der Waals surface area contributed by atoms with E-state index in [-0.39, 0.29) is 11.5 Å². The molecule has 1 heterocycles. The van der Waals surface area contributed by atoms with Gasteiger partial charge in [0.2, 0.25) is 0 Å². The highest BCUT2D eigenvalue weighted by atomic mass is 16.5. The summed E-state index contributed by atoms with van der Waals surface area (Å²) in [6, 6.07) is 0.476. The molecule has 0 bridgehead atoms. The first-order valence-corrected chi connectivity index (χ1v) is 6.32. The number of hydrogen-bond acceptors (Lipinski definition) is 4. The fraction of sp³-hybridized carbons (Fsp3) is 1.00. The zero-order valence-electron chi connectivity index (χ0n) is 10.4. The minimum Gasteiger partial charge on any atom is -0.392 e. The minimum absolute atomic E-state index is 0.0466. The molecule has 0 amide bonds. The average molecular weight is 228 g/mol. The van der Waals surface area contributed by atoms with Gasteiger partial charge in [-0.2, -0.15) is 0 Å². The number of morpholine rings is 1. The summed E-state index contributed by atoms with van der Waals surface area (Å²) in [7, 11) is 0. The van der Waals surface area contributed by atoms with Gasteiger partial charge in [-0.15, -0.1) is 0 Å². The summed E-state index contributed by atoms with van der Waals surface area (Å²) >= 11 is 0. The second kappa shape index (κ2) is 5.00. The molecule has 1 saturated heterocycles. The molecule has 2 atom stereocenters. The lowest BCUT2D eigenvalue weighted by molar-refractivity contribution is -0.0730. The van der Waals surface area contributed by atoms with Crippen LogP contribution in [0, 0.1) is 5.41 Å². The maximum absolute atomic E-state index is 9.63. The van der Waals surface area contributed by atoms with Crippen LogP contribution >= 0.6 is 0 Å². The van der Waals surface area contributed by atoms with Crippen LogP contribution < -0.4 is 5.32 Å². The van der Waals surface area contributed by atoms with E-state index < -0.39 is 0 Å². The van der Waals surface area contributed by atoms with E-state index in [1.165, 1.54) is 0 Å². The lowest BCUT2D eigenvalue weighted by Gasteiger charge is -2.50. The highest BCUT2D eigenvalue weighted by Gasteiger charge is 2.46. The second-order valence-electron chi connectivity index (χ2n) is 5.53. The van der Waals surface area contributed by atoms with Gasteiger partial charge < -0.3 is 15.2 Å². The van der Waals surface area contributed by atoms with Gasteiger partial charge in [-0.25, -0.2) is 0 Å². The van der Waals surface area contributed by atoms with Crippen molar-refractivity contribution in [3.63, 3.8) is 0 Å². The number of ether oxygens (including phenoxy) is 1. The second-order valence-corrected chi connectivity index (χ2v) is 5.53. The molecule has 0 spiro atoms. The van der Waals surface area contributed by atoms with E-state index >= 15 is 0 Å². The van der Waals surface area contributed by atoms with Crippen molar-refractivity contribution in [1.29, 1.82) is 0 Å². The number of aliphatic hydroxyl groups is 1. The number of nitrogens with zero attached hydrogens (tertiary/aromatic N) is 1. The Hall–Kier alpha value is -0.160. The first kappa shape index (κ1) is 12.3. The molecular weight excluding hydrogens is 204 g/mol. The molecule has 2 aliphatic rings. The SMILES string of the molecule is CC1(C)C(O)CC1NCCN1CCOCC1. The molecule has 94 valence electrons. The standard InChI is InChI=1S/C12H24N2O2/c1-12(2)10(9-11(12)15)13-3-4-14-5-7-16-8-6-14/h10-11,13,15H,3-9H2,1-2H3. The predicted octanol–water partition coefficient (Wildman–Crippen LogP) is 0.0676.